The van der Waals surface area contributed by atoms with Crippen LogP contribution in [0.2, 0.25) is 5.02 Å². The second-order valence-corrected chi connectivity index (χ2v) is 4.93. The highest BCUT2D eigenvalue weighted by molar-refractivity contribution is 6.30. The third-order valence-electron chi connectivity index (χ3n) is 3.12. The molecule has 0 N–H and O–H groups in total. The Morgan fingerprint density at radius 1 is 1.32 bits per heavy atom. The molecule has 1 aromatic heterocycles. The van der Waals surface area contributed by atoms with Crippen LogP contribution in [0.15, 0.2) is 42.9 Å². The molecule has 3 rings (SSSR count). The molecule has 1 aromatic carbocycles. The molecule has 1 atom stereocenters. The molecular formula is C14H14ClN3O. The zero-order valence-electron chi connectivity index (χ0n) is 10.4. The average Bonchev–Trinajstić information content (AvgIpc) is 2.88. The molecule has 5 heteroatoms. The van der Waals surface area contributed by atoms with Crippen LogP contribution in [0.5, 0.6) is 5.75 Å². The van der Waals surface area contributed by atoms with E-state index in [0.29, 0.717) is 5.02 Å². The topological polar surface area (TPSA) is 38.2 Å². The number of ether oxygens (including phenoxy) is 1. The van der Waals surface area contributed by atoms with Crippen LogP contribution in [0.3, 0.4) is 0 Å². The van der Waals surface area contributed by atoms with Gasteiger partial charge < -0.3 is 9.64 Å². The largest absolute Gasteiger partial charge is 0.488 e. The quantitative estimate of drug-likeness (QED) is 0.863. The maximum absolute atomic E-state index is 5.95. The first-order chi connectivity index (χ1) is 9.31. The lowest BCUT2D eigenvalue weighted by atomic mass is 10.3. The van der Waals surface area contributed by atoms with Gasteiger partial charge in [-0.05, 0) is 18.2 Å². The highest BCUT2D eigenvalue weighted by Gasteiger charge is 2.25. The van der Waals surface area contributed by atoms with E-state index in [-0.39, 0.29) is 6.10 Å². The van der Waals surface area contributed by atoms with Crippen LogP contribution in [0.1, 0.15) is 6.42 Å². The Morgan fingerprint density at radius 2 is 2.26 bits per heavy atom. The van der Waals surface area contributed by atoms with E-state index >= 15 is 0 Å². The Bertz CT molecular complexity index is 549. The summed E-state index contributed by atoms with van der Waals surface area (Å²) in [5, 5.41) is 0.696. The first-order valence-corrected chi connectivity index (χ1v) is 6.62. The number of aromatic nitrogens is 2. The van der Waals surface area contributed by atoms with E-state index in [2.05, 4.69) is 14.9 Å². The van der Waals surface area contributed by atoms with Gasteiger partial charge in [-0.25, -0.2) is 4.98 Å². The van der Waals surface area contributed by atoms with Crippen molar-refractivity contribution in [2.75, 3.05) is 18.0 Å². The minimum Gasteiger partial charge on any atom is -0.488 e. The summed E-state index contributed by atoms with van der Waals surface area (Å²) in [4.78, 5) is 10.6. The number of halogens is 1. The molecule has 4 nitrogen and oxygen atoms in total. The summed E-state index contributed by atoms with van der Waals surface area (Å²) < 4.78 is 5.93. The zero-order chi connectivity index (χ0) is 13.1. The van der Waals surface area contributed by atoms with Crippen molar-refractivity contribution in [3.8, 4) is 5.75 Å². The molecule has 19 heavy (non-hydrogen) atoms. The van der Waals surface area contributed by atoms with Crippen LogP contribution in [0.4, 0.5) is 5.82 Å². The van der Waals surface area contributed by atoms with E-state index in [1.165, 1.54) is 0 Å². The van der Waals surface area contributed by atoms with Crippen LogP contribution < -0.4 is 9.64 Å². The highest BCUT2D eigenvalue weighted by Crippen LogP contribution is 2.23. The van der Waals surface area contributed by atoms with Crippen molar-refractivity contribution in [1.82, 2.24) is 9.97 Å². The first-order valence-electron chi connectivity index (χ1n) is 6.24. The van der Waals surface area contributed by atoms with Crippen molar-refractivity contribution < 1.29 is 4.74 Å². The van der Waals surface area contributed by atoms with Gasteiger partial charge in [-0.15, -0.1) is 0 Å². The summed E-state index contributed by atoms with van der Waals surface area (Å²) in [6, 6.07) is 7.51. The Labute approximate surface area is 117 Å². The number of rotatable bonds is 3. The lowest BCUT2D eigenvalue weighted by molar-refractivity contribution is 0.225. The van der Waals surface area contributed by atoms with Gasteiger partial charge in [0.25, 0.3) is 0 Å². The Hall–Kier alpha value is -1.81. The summed E-state index contributed by atoms with van der Waals surface area (Å²) in [5.41, 5.74) is 0. The van der Waals surface area contributed by atoms with Crippen LogP contribution in [0, 0.1) is 0 Å². The maximum atomic E-state index is 5.95. The van der Waals surface area contributed by atoms with E-state index in [1.54, 1.807) is 18.6 Å². The van der Waals surface area contributed by atoms with Crippen molar-refractivity contribution in [3.63, 3.8) is 0 Å². The van der Waals surface area contributed by atoms with Crippen molar-refractivity contribution in [2.24, 2.45) is 0 Å². The van der Waals surface area contributed by atoms with E-state index < -0.39 is 0 Å². The third kappa shape index (κ3) is 2.96. The van der Waals surface area contributed by atoms with Crippen molar-refractivity contribution in [1.29, 1.82) is 0 Å². The molecule has 0 spiro atoms. The molecule has 0 unspecified atom stereocenters. The molecule has 1 aliphatic rings. The lowest BCUT2D eigenvalue weighted by Gasteiger charge is -2.17. The van der Waals surface area contributed by atoms with Gasteiger partial charge in [-0.1, -0.05) is 17.7 Å². The van der Waals surface area contributed by atoms with Gasteiger partial charge in [0.05, 0.1) is 12.7 Å². The Morgan fingerprint density at radius 3 is 3.05 bits per heavy atom. The van der Waals surface area contributed by atoms with Gasteiger partial charge in [0.15, 0.2) is 0 Å². The monoisotopic (exact) mass is 275 g/mol. The second-order valence-electron chi connectivity index (χ2n) is 4.50. The minimum absolute atomic E-state index is 0.167. The van der Waals surface area contributed by atoms with Crippen LogP contribution >= 0.6 is 11.6 Å². The average molecular weight is 276 g/mol. The number of nitrogens with zero attached hydrogens (tertiary/aromatic N) is 3. The molecule has 2 heterocycles. The molecule has 1 aliphatic heterocycles. The van der Waals surface area contributed by atoms with Crippen LogP contribution in [0.25, 0.3) is 0 Å². The molecule has 1 saturated heterocycles. The van der Waals surface area contributed by atoms with Crippen molar-refractivity contribution in [3.05, 3.63) is 47.9 Å². The molecule has 0 bridgehead atoms. The van der Waals surface area contributed by atoms with Gasteiger partial charge in [0, 0.05) is 30.4 Å². The summed E-state index contributed by atoms with van der Waals surface area (Å²) in [6.07, 6.45) is 6.31. The third-order valence-corrected chi connectivity index (χ3v) is 3.35. The van der Waals surface area contributed by atoms with Gasteiger partial charge in [0.1, 0.15) is 17.7 Å². The van der Waals surface area contributed by atoms with Crippen molar-refractivity contribution >= 4 is 17.4 Å². The molecule has 1 fully saturated rings. The molecule has 0 aliphatic carbocycles. The van der Waals surface area contributed by atoms with Crippen LogP contribution in [-0.4, -0.2) is 29.2 Å². The van der Waals surface area contributed by atoms with E-state index in [1.807, 2.05) is 24.3 Å². The zero-order valence-corrected chi connectivity index (χ0v) is 11.1. The number of hydrogen-bond acceptors (Lipinski definition) is 4. The Balaban J connectivity index is 1.63. The smallest absolute Gasteiger partial charge is 0.147 e. The van der Waals surface area contributed by atoms with E-state index in [4.69, 9.17) is 16.3 Å². The molecule has 0 amide bonds. The standard InChI is InChI=1S/C14H14ClN3O/c15-11-2-1-3-12(8-11)19-13-4-7-18(10-13)14-9-16-5-6-17-14/h1-3,5-6,8-9,13H,4,7,10H2/t13-/m0/s1. The fraction of sp³-hybridized carbons (Fsp3) is 0.286. The van der Waals surface area contributed by atoms with Crippen LogP contribution in [-0.2, 0) is 0 Å². The minimum atomic E-state index is 0.167. The Kier molecular flexibility index (Phi) is 3.51. The summed E-state index contributed by atoms with van der Waals surface area (Å²) in [6.45, 7) is 1.76. The molecule has 0 saturated carbocycles. The molecular weight excluding hydrogens is 262 g/mol. The number of benzene rings is 1. The molecule has 2 aromatic rings. The fourth-order valence-electron chi connectivity index (χ4n) is 2.22. The summed E-state index contributed by atoms with van der Waals surface area (Å²) >= 11 is 5.95. The van der Waals surface area contributed by atoms with Gasteiger partial charge in [0.2, 0.25) is 0 Å². The number of hydrogen-bond donors (Lipinski definition) is 0. The second kappa shape index (κ2) is 5.45. The highest BCUT2D eigenvalue weighted by atomic mass is 35.5. The lowest BCUT2D eigenvalue weighted by Crippen LogP contribution is -2.25. The van der Waals surface area contributed by atoms with Gasteiger partial charge in [-0.2, -0.15) is 0 Å². The molecule has 98 valence electrons. The fourth-order valence-corrected chi connectivity index (χ4v) is 2.40. The van der Waals surface area contributed by atoms with Gasteiger partial charge in [-0.3, -0.25) is 4.98 Å². The summed E-state index contributed by atoms with van der Waals surface area (Å²) in [5.74, 6) is 1.72. The van der Waals surface area contributed by atoms with E-state index in [0.717, 1.165) is 31.1 Å². The van der Waals surface area contributed by atoms with Gasteiger partial charge >= 0.3 is 0 Å². The predicted molar refractivity (Wildman–Crippen MR) is 74.7 cm³/mol. The van der Waals surface area contributed by atoms with E-state index in [9.17, 15) is 0 Å². The van der Waals surface area contributed by atoms with Crippen molar-refractivity contribution in [2.45, 2.75) is 12.5 Å². The SMILES string of the molecule is Clc1cccc(O[C@H]2CCN(c3cnccn3)C2)c1. The normalized spacial score (nSPS) is 18.6. The number of anilines is 1. The predicted octanol–water partition coefficient (Wildman–Crippen LogP) is 2.79. The molecule has 0 radical (unpaired) electrons. The first kappa shape index (κ1) is 12.2. The summed E-state index contributed by atoms with van der Waals surface area (Å²) in [7, 11) is 0. The maximum Gasteiger partial charge on any atom is 0.147 e.